The molecular weight excluding hydrogens is 296 g/mol. The third-order valence-electron chi connectivity index (χ3n) is 3.65. The summed E-state index contributed by atoms with van der Waals surface area (Å²) in [5.74, 6) is -0.316. The smallest absolute Gasteiger partial charge is 0.339 e. The van der Waals surface area contributed by atoms with E-state index >= 15 is 0 Å². The Labute approximate surface area is 137 Å². The predicted molar refractivity (Wildman–Crippen MR) is 90.2 cm³/mol. The zero-order chi connectivity index (χ0) is 16.5. The second-order valence-electron chi connectivity index (χ2n) is 6.16. The van der Waals surface area contributed by atoms with Crippen LogP contribution in [0.15, 0.2) is 28.0 Å². The molecule has 3 nitrogen and oxygen atoms in total. The predicted octanol–water partition coefficient (Wildman–Crippen LogP) is 4.33. The molecule has 0 amide bonds. The molecule has 0 bridgehead atoms. The Morgan fingerprint density at radius 2 is 1.86 bits per heavy atom. The third kappa shape index (κ3) is 3.55. The van der Waals surface area contributed by atoms with Crippen molar-refractivity contribution in [3.63, 3.8) is 0 Å². The summed E-state index contributed by atoms with van der Waals surface area (Å²) in [6, 6.07) is 4.36. The van der Waals surface area contributed by atoms with Gasteiger partial charge >= 0.3 is 5.97 Å². The number of benzene rings is 1. The summed E-state index contributed by atoms with van der Waals surface area (Å²) in [5, 5.41) is 0. The maximum Gasteiger partial charge on any atom is 0.339 e. The average molecular weight is 320 g/mol. The molecule has 0 fully saturated rings. The van der Waals surface area contributed by atoms with Crippen molar-refractivity contribution in [3.05, 3.63) is 39.8 Å². The zero-order valence-electron chi connectivity index (χ0n) is 14.1. The number of ether oxygens (including phenoxy) is 2. The van der Waals surface area contributed by atoms with Crippen LogP contribution >= 0.6 is 11.8 Å². The van der Waals surface area contributed by atoms with Gasteiger partial charge in [0.1, 0.15) is 0 Å². The summed E-state index contributed by atoms with van der Waals surface area (Å²) in [6.45, 7) is 12.5. The molecule has 120 valence electrons. The molecule has 0 N–H and O–H groups in total. The van der Waals surface area contributed by atoms with E-state index in [9.17, 15) is 4.79 Å². The third-order valence-corrected chi connectivity index (χ3v) is 5.35. The van der Waals surface area contributed by atoms with Gasteiger partial charge in [0.05, 0.1) is 12.2 Å². The Morgan fingerprint density at radius 3 is 2.41 bits per heavy atom. The van der Waals surface area contributed by atoms with Crippen LogP contribution in [0.5, 0.6) is 0 Å². The van der Waals surface area contributed by atoms with Gasteiger partial charge in [0.2, 0.25) is 0 Å². The van der Waals surface area contributed by atoms with E-state index in [0.29, 0.717) is 6.61 Å². The summed E-state index contributed by atoms with van der Waals surface area (Å²) in [7, 11) is 0. The van der Waals surface area contributed by atoms with Crippen LogP contribution in [-0.2, 0) is 14.3 Å². The van der Waals surface area contributed by atoms with Crippen molar-refractivity contribution in [1.82, 2.24) is 0 Å². The Hall–Kier alpha value is -1.26. The Kier molecular flexibility index (Phi) is 5.03. The summed E-state index contributed by atoms with van der Waals surface area (Å²) < 4.78 is 10.9. The molecule has 22 heavy (non-hydrogen) atoms. The minimum atomic E-state index is -0.608. The van der Waals surface area contributed by atoms with Gasteiger partial charge in [0.25, 0.3) is 0 Å². The minimum Gasteiger partial charge on any atom is -0.464 e. The van der Waals surface area contributed by atoms with E-state index < -0.39 is 11.7 Å². The molecule has 0 radical (unpaired) electrons. The summed E-state index contributed by atoms with van der Waals surface area (Å²) in [4.78, 5) is 14.2. The number of hydrogen-bond donors (Lipinski definition) is 0. The van der Waals surface area contributed by atoms with Crippen molar-refractivity contribution in [2.75, 3.05) is 6.61 Å². The topological polar surface area (TPSA) is 35.5 Å². The van der Waals surface area contributed by atoms with E-state index in [2.05, 4.69) is 32.9 Å². The maximum atomic E-state index is 11.9. The second kappa shape index (κ2) is 6.47. The van der Waals surface area contributed by atoms with E-state index in [1.807, 2.05) is 19.9 Å². The highest BCUT2D eigenvalue weighted by Crippen LogP contribution is 2.43. The second-order valence-corrected chi connectivity index (χ2v) is 7.21. The first-order chi connectivity index (χ1) is 10.2. The van der Waals surface area contributed by atoms with E-state index in [4.69, 9.17) is 9.47 Å². The van der Waals surface area contributed by atoms with Gasteiger partial charge in [0, 0.05) is 9.80 Å². The van der Waals surface area contributed by atoms with Gasteiger partial charge in [-0.2, -0.15) is 0 Å². The number of thioether (sulfide) groups is 1. The van der Waals surface area contributed by atoms with Crippen LogP contribution in [0.3, 0.4) is 0 Å². The van der Waals surface area contributed by atoms with Gasteiger partial charge in [-0.25, -0.2) is 4.79 Å². The van der Waals surface area contributed by atoms with Gasteiger partial charge < -0.3 is 9.47 Å². The molecule has 1 aliphatic heterocycles. The molecule has 1 aromatic rings. The largest absolute Gasteiger partial charge is 0.464 e. The monoisotopic (exact) mass is 320 g/mol. The van der Waals surface area contributed by atoms with Gasteiger partial charge in [-0.05, 0) is 58.7 Å². The molecule has 0 saturated carbocycles. The molecule has 1 unspecified atom stereocenters. The van der Waals surface area contributed by atoms with Gasteiger partial charge in [-0.15, -0.1) is 0 Å². The number of carbonyl (C=O) groups excluding carboxylic acids is 1. The molecule has 1 aromatic carbocycles. The highest BCUT2D eigenvalue weighted by atomic mass is 32.2. The molecule has 4 heteroatoms. The molecule has 1 aliphatic rings. The first kappa shape index (κ1) is 17.1. The van der Waals surface area contributed by atoms with Crippen molar-refractivity contribution in [3.8, 4) is 0 Å². The number of rotatable bonds is 4. The lowest BCUT2D eigenvalue weighted by Crippen LogP contribution is -2.29. The molecular formula is C18H24O3S. The fourth-order valence-corrected chi connectivity index (χ4v) is 3.83. The van der Waals surface area contributed by atoms with Crippen molar-refractivity contribution < 1.29 is 14.3 Å². The number of carbonyl (C=O) groups is 1. The highest BCUT2D eigenvalue weighted by Gasteiger charge is 2.39. The highest BCUT2D eigenvalue weighted by molar-refractivity contribution is 8.03. The zero-order valence-corrected chi connectivity index (χ0v) is 15.0. The fraction of sp³-hybridized carbons (Fsp3) is 0.500. The lowest BCUT2D eigenvalue weighted by Gasteiger charge is -2.24. The minimum absolute atomic E-state index is 0.316. The van der Waals surface area contributed by atoms with Crippen LogP contribution in [-0.4, -0.2) is 24.3 Å². The van der Waals surface area contributed by atoms with Crippen molar-refractivity contribution in [1.29, 1.82) is 0 Å². The average Bonchev–Trinajstić information content (AvgIpc) is 2.69. The van der Waals surface area contributed by atoms with E-state index in [0.717, 1.165) is 4.91 Å². The summed E-state index contributed by atoms with van der Waals surface area (Å²) in [5.41, 5.74) is 3.28. The van der Waals surface area contributed by atoms with Gasteiger partial charge in [0.15, 0.2) is 6.10 Å². The van der Waals surface area contributed by atoms with Crippen molar-refractivity contribution in [2.45, 2.75) is 58.1 Å². The molecule has 0 aliphatic carbocycles. The van der Waals surface area contributed by atoms with E-state index in [1.165, 1.54) is 21.6 Å². The molecule has 0 spiro atoms. The number of hydrogen-bond acceptors (Lipinski definition) is 4. The lowest BCUT2D eigenvalue weighted by atomic mass is 10.1. The molecule has 0 aromatic heterocycles. The first-order valence-electron chi connectivity index (χ1n) is 7.57. The van der Waals surface area contributed by atoms with Crippen LogP contribution in [0.2, 0.25) is 0 Å². The Morgan fingerprint density at radius 1 is 1.27 bits per heavy atom. The first-order valence-corrected chi connectivity index (χ1v) is 8.38. The maximum absolute atomic E-state index is 11.9. The van der Waals surface area contributed by atoms with Crippen LogP contribution < -0.4 is 0 Å². The van der Waals surface area contributed by atoms with Gasteiger partial charge in [-0.1, -0.05) is 29.5 Å². The van der Waals surface area contributed by atoms with E-state index in [1.54, 1.807) is 18.7 Å². The van der Waals surface area contributed by atoms with Crippen molar-refractivity contribution >= 4 is 17.7 Å². The SMILES string of the molecule is CCOC(=O)C1C=C(Sc2c(C)cc(C)cc2C)C(C)(C)O1. The van der Waals surface area contributed by atoms with Crippen molar-refractivity contribution in [2.24, 2.45) is 0 Å². The van der Waals surface area contributed by atoms with E-state index in [-0.39, 0.29) is 5.97 Å². The Balaban J connectivity index is 2.28. The fourth-order valence-electron chi connectivity index (χ4n) is 2.68. The standard InChI is InChI=1S/C18H24O3S/c1-7-20-17(19)14-10-15(18(5,6)21-14)22-16-12(3)8-11(2)9-13(16)4/h8-10,14H,7H2,1-6H3. The molecule has 0 saturated heterocycles. The molecule has 1 atom stereocenters. The Bertz CT molecular complexity index is 594. The van der Waals surface area contributed by atoms with Crippen LogP contribution in [0, 0.1) is 20.8 Å². The lowest BCUT2D eigenvalue weighted by molar-refractivity contribution is -0.156. The van der Waals surface area contributed by atoms with Crippen LogP contribution in [0.4, 0.5) is 0 Å². The van der Waals surface area contributed by atoms with Crippen LogP contribution in [0.1, 0.15) is 37.5 Å². The summed E-state index contributed by atoms with van der Waals surface area (Å²) >= 11 is 1.69. The number of aryl methyl sites for hydroxylation is 3. The van der Waals surface area contributed by atoms with Crippen LogP contribution in [0.25, 0.3) is 0 Å². The quantitative estimate of drug-likeness (QED) is 0.774. The van der Waals surface area contributed by atoms with Gasteiger partial charge in [-0.3, -0.25) is 0 Å². The summed E-state index contributed by atoms with van der Waals surface area (Å²) in [6.07, 6.45) is 1.28. The molecule has 1 heterocycles. The number of esters is 1. The molecule has 2 rings (SSSR count). The normalized spacial score (nSPS) is 19.9.